The molecule has 2 aliphatic rings. The highest BCUT2D eigenvalue weighted by Crippen LogP contribution is 2.50. The maximum atomic E-state index is 9.71. The number of fused-ring (bicyclic) bond motifs is 2. The molecule has 2 aliphatic heterocycles. The van der Waals surface area contributed by atoms with Gasteiger partial charge in [-0.2, -0.15) is 0 Å². The lowest BCUT2D eigenvalue weighted by molar-refractivity contribution is 0.170. The molecule has 0 spiro atoms. The average Bonchev–Trinajstić information content (AvgIpc) is 3.25. The molecule has 2 aromatic rings. The van der Waals surface area contributed by atoms with Crippen LogP contribution in [0.25, 0.3) is 0 Å². The van der Waals surface area contributed by atoms with Gasteiger partial charge in [0.2, 0.25) is 12.5 Å². The van der Waals surface area contributed by atoms with Crippen LogP contribution >= 0.6 is 0 Å². The van der Waals surface area contributed by atoms with E-state index in [0.29, 0.717) is 23.6 Å². The van der Waals surface area contributed by atoms with E-state index < -0.39 is 0 Å². The third-order valence-electron chi connectivity index (χ3n) is 5.41. The van der Waals surface area contributed by atoms with Gasteiger partial charge in [0.05, 0.1) is 12.8 Å². The molecule has 1 atom stereocenters. The summed E-state index contributed by atoms with van der Waals surface area (Å²) < 4.78 is 22.6. The number of methoxy groups -OCH3 is 1. The summed E-state index contributed by atoms with van der Waals surface area (Å²) in [5.74, 6) is 3.62. The van der Waals surface area contributed by atoms with Crippen LogP contribution in [0.5, 0.6) is 17.2 Å². The third-order valence-corrected chi connectivity index (χ3v) is 5.41. The van der Waals surface area contributed by atoms with Crippen LogP contribution in [0, 0.1) is 13.8 Å². The van der Waals surface area contributed by atoms with Crippen LogP contribution < -0.4 is 14.2 Å². The van der Waals surface area contributed by atoms with Gasteiger partial charge in [-0.1, -0.05) is 5.16 Å². The second-order valence-electron chi connectivity index (χ2n) is 7.04. The maximum absolute atomic E-state index is 9.71. The van der Waals surface area contributed by atoms with E-state index in [9.17, 15) is 5.21 Å². The van der Waals surface area contributed by atoms with Crippen molar-refractivity contribution in [3.63, 3.8) is 0 Å². The Bertz CT molecular complexity index is 902. The molecule has 0 saturated carbocycles. The van der Waals surface area contributed by atoms with Gasteiger partial charge in [0.25, 0.3) is 0 Å². The molecule has 1 N–H and O–H groups in total. The van der Waals surface area contributed by atoms with Gasteiger partial charge in [0, 0.05) is 30.1 Å². The van der Waals surface area contributed by atoms with Crippen LogP contribution in [0.4, 0.5) is 0 Å². The summed E-state index contributed by atoms with van der Waals surface area (Å²) in [5, 5.41) is 13.3. The minimum atomic E-state index is -0.0151. The van der Waals surface area contributed by atoms with Crippen LogP contribution in [0.1, 0.15) is 40.7 Å². The van der Waals surface area contributed by atoms with Gasteiger partial charge in [-0.15, -0.1) is 0 Å². The van der Waals surface area contributed by atoms with Crippen molar-refractivity contribution < 1.29 is 23.8 Å². The van der Waals surface area contributed by atoms with E-state index in [1.165, 1.54) is 5.56 Å². The fourth-order valence-electron chi connectivity index (χ4n) is 4.09. The van der Waals surface area contributed by atoms with E-state index in [2.05, 4.69) is 17.1 Å². The largest absolute Gasteiger partial charge is 0.492 e. The first kappa shape index (κ1) is 17.7. The Labute approximate surface area is 158 Å². The first-order valence-electron chi connectivity index (χ1n) is 9.01. The number of likely N-dealkylation sites (N-methyl/N-ethyl adjacent to an activating group) is 1. The minimum absolute atomic E-state index is 0.0151. The summed E-state index contributed by atoms with van der Waals surface area (Å²) in [4.78, 5) is 2.25. The molecule has 0 bridgehead atoms. The summed E-state index contributed by atoms with van der Waals surface area (Å²) in [6, 6.07) is 3.94. The molecule has 7 nitrogen and oxygen atoms in total. The molecule has 1 aromatic heterocycles. The molecular formula is C20H24N2O5. The van der Waals surface area contributed by atoms with E-state index in [1.54, 1.807) is 7.11 Å². The lowest BCUT2D eigenvalue weighted by Gasteiger charge is -2.36. The number of hydrogen-bond acceptors (Lipinski definition) is 7. The molecule has 0 radical (unpaired) electrons. The number of benzene rings is 1. The van der Waals surface area contributed by atoms with Gasteiger partial charge in [0.15, 0.2) is 11.5 Å². The topological polar surface area (TPSA) is 76.7 Å². The van der Waals surface area contributed by atoms with Gasteiger partial charge >= 0.3 is 0 Å². The Balaban J connectivity index is 1.77. The fraction of sp³-hybridized carbons (Fsp3) is 0.450. The predicted molar refractivity (Wildman–Crippen MR) is 99.3 cm³/mol. The maximum Gasteiger partial charge on any atom is 0.231 e. The quantitative estimate of drug-likeness (QED) is 0.503. The van der Waals surface area contributed by atoms with Crippen LogP contribution in [0.3, 0.4) is 0 Å². The van der Waals surface area contributed by atoms with Crippen molar-refractivity contribution in [3.05, 3.63) is 40.3 Å². The van der Waals surface area contributed by atoms with Gasteiger partial charge in [-0.3, -0.25) is 4.90 Å². The molecule has 3 heterocycles. The van der Waals surface area contributed by atoms with Crippen molar-refractivity contribution in [1.82, 2.24) is 4.90 Å². The highest BCUT2D eigenvalue weighted by atomic mass is 16.7. The monoisotopic (exact) mass is 372 g/mol. The molecule has 7 heteroatoms. The average molecular weight is 372 g/mol. The lowest BCUT2D eigenvalue weighted by atomic mass is 9.87. The second-order valence-corrected chi connectivity index (χ2v) is 7.04. The Hall–Kier alpha value is -2.67. The summed E-state index contributed by atoms with van der Waals surface area (Å²) >= 11 is 0. The van der Waals surface area contributed by atoms with E-state index in [0.717, 1.165) is 41.4 Å². The molecule has 144 valence electrons. The van der Waals surface area contributed by atoms with Crippen molar-refractivity contribution in [2.75, 3.05) is 27.5 Å². The first-order valence-corrected chi connectivity index (χ1v) is 9.01. The van der Waals surface area contributed by atoms with Crippen LogP contribution in [0.15, 0.2) is 21.7 Å². The SMILES string of the molecule is COc1c2c(cc3c1[C@@H](C/C(=N\O)c1cc(C)oc1C)N(C)CC3)OCO2. The normalized spacial score (nSPS) is 19.3. The molecular weight excluding hydrogens is 348 g/mol. The van der Waals surface area contributed by atoms with Crippen LogP contribution in [0.2, 0.25) is 0 Å². The number of furan rings is 1. The molecule has 27 heavy (non-hydrogen) atoms. The molecule has 1 aromatic carbocycles. The molecule has 4 rings (SSSR count). The van der Waals surface area contributed by atoms with Crippen molar-refractivity contribution in [1.29, 1.82) is 0 Å². The molecule has 0 aliphatic carbocycles. The van der Waals surface area contributed by atoms with Crippen molar-refractivity contribution in [3.8, 4) is 17.2 Å². The number of rotatable bonds is 4. The second kappa shape index (κ2) is 6.81. The number of nitrogens with zero attached hydrogens (tertiary/aromatic N) is 2. The molecule has 0 fully saturated rings. The summed E-state index contributed by atoms with van der Waals surface area (Å²) in [5.41, 5.74) is 3.66. The van der Waals surface area contributed by atoms with E-state index in [-0.39, 0.29) is 12.8 Å². The first-order chi connectivity index (χ1) is 13.0. The standard InChI is InChI=1S/C20H24N2O5/c1-11-7-14(12(2)27-11)15(21-23)9-16-18-13(5-6-22(16)3)8-17-19(20(18)24-4)26-10-25-17/h7-8,16,23H,5-6,9-10H2,1-4H3/b21-15+/t16-/m1/s1. The van der Waals surface area contributed by atoms with Crippen LogP contribution in [-0.2, 0) is 6.42 Å². The van der Waals surface area contributed by atoms with Gasteiger partial charge in [-0.25, -0.2) is 0 Å². The van der Waals surface area contributed by atoms with E-state index in [1.807, 2.05) is 26.0 Å². The Morgan fingerprint density at radius 1 is 1.33 bits per heavy atom. The smallest absolute Gasteiger partial charge is 0.231 e. The number of hydrogen-bond donors (Lipinski definition) is 1. The molecule has 0 amide bonds. The molecule has 0 unspecified atom stereocenters. The van der Waals surface area contributed by atoms with Crippen molar-refractivity contribution in [2.45, 2.75) is 32.7 Å². The Morgan fingerprint density at radius 3 is 2.81 bits per heavy atom. The Morgan fingerprint density at radius 2 is 2.15 bits per heavy atom. The molecule has 0 saturated heterocycles. The van der Waals surface area contributed by atoms with E-state index in [4.69, 9.17) is 18.6 Å². The highest BCUT2D eigenvalue weighted by molar-refractivity contribution is 6.01. The van der Waals surface area contributed by atoms with Crippen LogP contribution in [-0.4, -0.2) is 43.3 Å². The fourth-order valence-corrected chi connectivity index (χ4v) is 4.09. The lowest BCUT2D eigenvalue weighted by Crippen LogP contribution is -2.34. The predicted octanol–water partition coefficient (Wildman–Crippen LogP) is 3.43. The summed E-state index contributed by atoms with van der Waals surface area (Å²) in [6.07, 6.45) is 1.42. The zero-order chi connectivity index (χ0) is 19.1. The minimum Gasteiger partial charge on any atom is -0.492 e. The Kier molecular flexibility index (Phi) is 4.47. The van der Waals surface area contributed by atoms with Crippen molar-refractivity contribution >= 4 is 5.71 Å². The van der Waals surface area contributed by atoms with E-state index >= 15 is 0 Å². The summed E-state index contributed by atoms with van der Waals surface area (Å²) in [6.45, 7) is 4.86. The zero-order valence-electron chi connectivity index (χ0n) is 16.0. The zero-order valence-corrected chi connectivity index (χ0v) is 16.0. The van der Waals surface area contributed by atoms with Gasteiger partial charge in [0.1, 0.15) is 11.5 Å². The number of ether oxygens (including phenoxy) is 3. The van der Waals surface area contributed by atoms with Gasteiger partial charge < -0.3 is 23.8 Å². The number of aryl methyl sites for hydroxylation is 2. The third kappa shape index (κ3) is 2.92. The van der Waals surface area contributed by atoms with Crippen molar-refractivity contribution in [2.24, 2.45) is 5.16 Å². The van der Waals surface area contributed by atoms with Gasteiger partial charge in [-0.05, 0) is 45.0 Å². The summed E-state index contributed by atoms with van der Waals surface area (Å²) in [7, 11) is 3.72. The number of oxime groups is 1. The highest BCUT2D eigenvalue weighted by Gasteiger charge is 2.35.